The van der Waals surface area contributed by atoms with Gasteiger partial charge in [-0.2, -0.15) is 0 Å². The molecule has 0 heterocycles. The van der Waals surface area contributed by atoms with Crippen molar-refractivity contribution in [1.82, 2.24) is 0 Å². The average molecular weight is 196 g/mol. The number of hydrogen-bond acceptors (Lipinski definition) is 1. The summed E-state index contributed by atoms with van der Waals surface area (Å²) in [5, 5.41) is 10.5. The molecule has 3 atom stereocenters. The minimum atomic E-state index is -0.239. The summed E-state index contributed by atoms with van der Waals surface area (Å²) >= 11 is 0. The Morgan fingerprint density at radius 2 is 2.07 bits per heavy atom. The van der Waals surface area contributed by atoms with Crippen molar-refractivity contribution < 1.29 is 5.11 Å². The van der Waals surface area contributed by atoms with E-state index >= 15 is 0 Å². The second-order valence-corrected chi connectivity index (χ2v) is 5.49. The normalized spacial score (nSPS) is 40.7. The maximum atomic E-state index is 10.5. The summed E-state index contributed by atoms with van der Waals surface area (Å²) in [6.07, 6.45) is 11.4. The highest BCUT2D eigenvalue weighted by molar-refractivity contribution is 5.00. The minimum Gasteiger partial charge on any atom is -0.390 e. The number of aliphatic hydroxyl groups is 1. The first-order valence-corrected chi connectivity index (χ1v) is 6.47. The Morgan fingerprint density at radius 1 is 1.21 bits per heavy atom. The Hall–Kier alpha value is -0.0400. The largest absolute Gasteiger partial charge is 0.390 e. The van der Waals surface area contributed by atoms with E-state index in [1.165, 1.54) is 44.9 Å². The second-order valence-electron chi connectivity index (χ2n) is 5.49. The first-order chi connectivity index (χ1) is 6.74. The number of fused-ring (bicyclic) bond motifs is 2. The van der Waals surface area contributed by atoms with Crippen LogP contribution in [0.4, 0.5) is 0 Å². The van der Waals surface area contributed by atoms with Crippen molar-refractivity contribution in [2.75, 3.05) is 0 Å². The van der Waals surface area contributed by atoms with Crippen molar-refractivity contribution in [3.63, 3.8) is 0 Å². The van der Waals surface area contributed by atoms with Crippen LogP contribution >= 0.6 is 0 Å². The quantitative estimate of drug-likeness (QED) is 0.667. The van der Waals surface area contributed by atoms with Crippen LogP contribution in [0.1, 0.15) is 64.7 Å². The molecule has 2 fully saturated rings. The zero-order chi connectivity index (χ0) is 10.0. The van der Waals surface area contributed by atoms with Crippen LogP contribution in [0, 0.1) is 11.8 Å². The van der Waals surface area contributed by atoms with Gasteiger partial charge in [-0.25, -0.2) is 0 Å². The lowest BCUT2D eigenvalue weighted by molar-refractivity contribution is -0.0225. The molecule has 2 aliphatic rings. The molecule has 2 bridgehead atoms. The zero-order valence-corrected chi connectivity index (χ0v) is 9.47. The fourth-order valence-electron chi connectivity index (χ4n) is 3.58. The molecule has 1 heteroatoms. The van der Waals surface area contributed by atoms with E-state index in [4.69, 9.17) is 0 Å². The third-order valence-electron chi connectivity index (χ3n) is 4.41. The third kappa shape index (κ3) is 1.98. The highest BCUT2D eigenvalue weighted by Gasteiger charge is 2.48. The molecule has 3 unspecified atom stereocenters. The van der Waals surface area contributed by atoms with Gasteiger partial charge in [0.15, 0.2) is 0 Å². The molecule has 82 valence electrons. The smallest absolute Gasteiger partial charge is 0.0678 e. The molecule has 0 saturated heterocycles. The lowest BCUT2D eigenvalue weighted by Gasteiger charge is -2.32. The third-order valence-corrected chi connectivity index (χ3v) is 4.41. The Bertz CT molecular complexity index is 190. The molecule has 0 aromatic carbocycles. The topological polar surface area (TPSA) is 20.2 Å². The maximum absolute atomic E-state index is 10.5. The van der Waals surface area contributed by atoms with Gasteiger partial charge in [0.05, 0.1) is 5.60 Å². The minimum absolute atomic E-state index is 0.239. The Kier molecular flexibility index (Phi) is 3.16. The lowest BCUT2D eigenvalue weighted by Crippen LogP contribution is -2.34. The highest BCUT2D eigenvalue weighted by Crippen LogP contribution is 2.52. The van der Waals surface area contributed by atoms with E-state index in [1.807, 2.05) is 0 Å². The molecular formula is C13H24O. The van der Waals surface area contributed by atoms with Gasteiger partial charge in [0.25, 0.3) is 0 Å². The predicted molar refractivity (Wildman–Crippen MR) is 59.2 cm³/mol. The summed E-state index contributed by atoms with van der Waals surface area (Å²) in [4.78, 5) is 0. The molecule has 0 aromatic heterocycles. The van der Waals surface area contributed by atoms with Crippen LogP contribution in [0.2, 0.25) is 0 Å². The van der Waals surface area contributed by atoms with Crippen molar-refractivity contribution in [3.8, 4) is 0 Å². The van der Waals surface area contributed by atoms with Crippen LogP contribution in [0.15, 0.2) is 0 Å². The summed E-state index contributed by atoms with van der Waals surface area (Å²) in [6.45, 7) is 2.24. The molecule has 0 radical (unpaired) electrons. The van der Waals surface area contributed by atoms with E-state index in [0.717, 1.165) is 18.8 Å². The molecule has 2 rings (SSSR count). The van der Waals surface area contributed by atoms with Crippen LogP contribution in [-0.4, -0.2) is 10.7 Å². The summed E-state index contributed by atoms with van der Waals surface area (Å²) in [6, 6.07) is 0. The maximum Gasteiger partial charge on any atom is 0.0678 e. The Morgan fingerprint density at radius 3 is 2.64 bits per heavy atom. The first-order valence-electron chi connectivity index (χ1n) is 6.47. The van der Waals surface area contributed by atoms with Gasteiger partial charge < -0.3 is 5.11 Å². The summed E-state index contributed by atoms with van der Waals surface area (Å²) in [5.74, 6) is 1.53. The fraction of sp³-hybridized carbons (Fsp3) is 1.00. The molecule has 0 amide bonds. The van der Waals surface area contributed by atoms with E-state index in [9.17, 15) is 5.11 Å². The molecule has 0 aromatic rings. The zero-order valence-electron chi connectivity index (χ0n) is 9.47. The lowest BCUT2D eigenvalue weighted by atomic mass is 9.80. The highest BCUT2D eigenvalue weighted by atomic mass is 16.3. The van der Waals surface area contributed by atoms with Crippen molar-refractivity contribution >= 4 is 0 Å². The standard InChI is InChI=1S/C13H24O/c1-2-3-4-5-8-13(14)10-11-6-7-12(13)9-11/h11-12,14H,2-10H2,1H3. The van der Waals surface area contributed by atoms with Crippen molar-refractivity contribution in [3.05, 3.63) is 0 Å². The van der Waals surface area contributed by atoms with Gasteiger partial charge in [0, 0.05) is 0 Å². The molecule has 2 saturated carbocycles. The van der Waals surface area contributed by atoms with Crippen LogP contribution in [-0.2, 0) is 0 Å². The van der Waals surface area contributed by atoms with Gasteiger partial charge in [-0.1, -0.05) is 32.6 Å². The van der Waals surface area contributed by atoms with Gasteiger partial charge in [0.1, 0.15) is 0 Å². The van der Waals surface area contributed by atoms with Crippen LogP contribution < -0.4 is 0 Å². The molecule has 14 heavy (non-hydrogen) atoms. The molecule has 1 N–H and O–H groups in total. The van der Waals surface area contributed by atoms with Gasteiger partial charge in [-0.15, -0.1) is 0 Å². The molecule has 2 aliphatic carbocycles. The second kappa shape index (κ2) is 4.22. The van der Waals surface area contributed by atoms with Gasteiger partial charge in [-0.3, -0.25) is 0 Å². The van der Waals surface area contributed by atoms with E-state index in [2.05, 4.69) is 6.92 Å². The number of hydrogen-bond donors (Lipinski definition) is 1. The van der Waals surface area contributed by atoms with Gasteiger partial charge in [-0.05, 0) is 43.9 Å². The van der Waals surface area contributed by atoms with Gasteiger partial charge in [0.2, 0.25) is 0 Å². The average Bonchev–Trinajstić information content (AvgIpc) is 2.72. The van der Waals surface area contributed by atoms with E-state index in [1.54, 1.807) is 0 Å². The Balaban J connectivity index is 1.74. The van der Waals surface area contributed by atoms with Crippen molar-refractivity contribution in [1.29, 1.82) is 0 Å². The van der Waals surface area contributed by atoms with Crippen LogP contribution in [0.25, 0.3) is 0 Å². The fourth-order valence-corrected chi connectivity index (χ4v) is 3.58. The summed E-state index contributed by atoms with van der Waals surface area (Å²) in [5.41, 5.74) is -0.239. The van der Waals surface area contributed by atoms with E-state index < -0.39 is 0 Å². The van der Waals surface area contributed by atoms with E-state index in [-0.39, 0.29) is 5.60 Å². The van der Waals surface area contributed by atoms with Crippen LogP contribution in [0.3, 0.4) is 0 Å². The number of unbranched alkanes of at least 4 members (excludes halogenated alkanes) is 3. The van der Waals surface area contributed by atoms with Crippen LogP contribution in [0.5, 0.6) is 0 Å². The predicted octanol–water partition coefficient (Wildman–Crippen LogP) is 3.51. The Labute approximate surface area is 87.9 Å². The molecular weight excluding hydrogens is 172 g/mol. The molecule has 0 aliphatic heterocycles. The molecule has 1 nitrogen and oxygen atoms in total. The molecule has 0 spiro atoms. The van der Waals surface area contributed by atoms with Crippen molar-refractivity contribution in [2.45, 2.75) is 70.3 Å². The van der Waals surface area contributed by atoms with Gasteiger partial charge >= 0.3 is 0 Å². The van der Waals surface area contributed by atoms with E-state index in [0.29, 0.717) is 5.92 Å². The summed E-state index contributed by atoms with van der Waals surface area (Å²) in [7, 11) is 0. The SMILES string of the molecule is CCCCCCC1(O)CC2CCC1C2. The summed E-state index contributed by atoms with van der Waals surface area (Å²) < 4.78 is 0. The monoisotopic (exact) mass is 196 g/mol. The first kappa shape index (κ1) is 10.5. The van der Waals surface area contributed by atoms with Crippen molar-refractivity contribution in [2.24, 2.45) is 11.8 Å². The number of rotatable bonds is 5.